The Morgan fingerprint density at radius 1 is 1.32 bits per heavy atom. The van der Waals surface area contributed by atoms with Crippen LogP contribution in [0.5, 0.6) is 0 Å². The van der Waals surface area contributed by atoms with Crippen molar-refractivity contribution in [1.82, 2.24) is 15.2 Å². The highest BCUT2D eigenvalue weighted by atomic mass is 19.3. The SMILES string of the molecule is C=CC(=O)NC1CN(C(=O)c2cccc3ncccc23)CCC1(F)F. The highest BCUT2D eigenvalue weighted by Crippen LogP contribution is 2.30. The summed E-state index contributed by atoms with van der Waals surface area (Å²) < 4.78 is 28.1. The molecule has 1 unspecified atom stereocenters. The van der Waals surface area contributed by atoms with E-state index in [0.29, 0.717) is 16.5 Å². The van der Waals surface area contributed by atoms with Crippen molar-refractivity contribution in [3.8, 4) is 0 Å². The van der Waals surface area contributed by atoms with E-state index in [-0.39, 0.29) is 19.0 Å². The summed E-state index contributed by atoms with van der Waals surface area (Å²) in [6, 6.07) is 7.18. The maximum absolute atomic E-state index is 14.1. The Hall–Kier alpha value is -2.83. The van der Waals surface area contributed by atoms with Crippen LogP contribution < -0.4 is 5.32 Å². The van der Waals surface area contributed by atoms with Crippen molar-refractivity contribution in [1.29, 1.82) is 0 Å². The molecule has 1 aromatic heterocycles. The fourth-order valence-electron chi connectivity index (χ4n) is 2.93. The van der Waals surface area contributed by atoms with Crippen LogP contribution >= 0.6 is 0 Å². The van der Waals surface area contributed by atoms with Gasteiger partial charge in [-0.2, -0.15) is 0 Å². The van der Waals surface area contributed by atoms with Crippen molar-refractivity contribution in [3.63, 3.8) is 0 Å². The third-order valence-electron chi connectivity index (χ3n) is 4.29. The van der Waals surface area contributed by atoms with Crippen LogP contribution in [0.15, 0.2) is 49.2 Å². The lowest BCUT2D eigenvalue weighted by atomic mass is 9.99. The van der Waals surface area contributed by atoms with Gasteiger partial charge in [-0.15, -0.1) is 0 Å². The van der Waals surface area contributed by atoms with Gasteiger partial charge in [-0.3, -0.25) is 14.6 Å². The van der Waals surface area contributed by atoms with E-state index >= 15 is 0 Å². The molecule has 1 aliphatic rings. The Kier molecular flexibility index (Phi) is 4.48. The monoisotopic (exact) mass is 345 g/mol. The summed E-state index contributed by atoms with van der Waals surface area (Å²) in [5.74, 6) is -4.12. The van der Waals surface area contributed by atoms with Crippen LogP contribution in [0.4, 0.5) is 8.78 Å². The molecule has 1 fully saturated rings. The summed E-state index contributed by atoms with van der Waals surface area (Å²) in [7, 11) is 0. The zero-order valence-corrected chi connectivity index (χ0v) is 13.4. The van der Waals surface area contributed by atoms with Crippen LogP contribution in [0.1, 0.15) is 16.8 Å². The van der Waals surface area contributed by atoms with Crippen LogP contribution in [-0.2, 0) is 4.79 Å². The van der Waals surface area contributed by atoms with Gasteiger partial charge in [-0.25, -0.2) is 8.78 Å². The van der Waals surface area contributed by atoms with Gasteiger partial charge < -0.3 is 10.2 Å². The second-order valence-corrected chi connectivity index (χ2v) is 5.90. The van der Waals surface area contributed by atoms with E-state index in [1.165, 1.54) is 4.90 Å². The number of amides is 2. The van der Waals surface area contributed by atoms with E-state index in [4.69, 9.17) is 0 Å². The minimum Gasteiger partial charge on any atom is -0.342 e. The molecule has 1 aliphatic heterocycles. The van der Waals surface area contributed by atoms with Crippen LogP contribution in [0.3, 0.4) is 0 Å². The quantitative estimate of drug-likeness (QED) is 0.869. The third-order valence-corrected chi connectivity index (χ3v) is 4.29. The number of nitrogens with zero attached hydrogens (tertiary/aromatic N) is 2. The Morgan fingerprint density at radius 2 is 2.12 bits per heavy atom. The number of carbonyl (C=O) groups is 2. The minimum absolute atomic E-state index is 0.0804. The molecule has 0 spiro atoms. The second-order valence-electron chi connectivity index (χ2n) is 5.90. The van der Waals surface area contributed by atoms with Crippen molar-refractivity contribution < 1.29 is 18.4 Å². The number of piperidine rings is 1. The van der Waals surface area contributed by atoms with Gasteiger partial charge in [0.1, 0.15) is 6.04 Å². The number of nitrogens with one attached hydrogen (secondary N) is 1. The maximum Gasteiger partial charge on any atom is 0.271 e. The number of alkyl halides is 2. The van der Waals surface area contributed by atoms with E-state index in [1.807, 2.05) is 0 Å². The number of halogens is 2. The largest absolute Gasteiger partial charge is 0.342 e. The molecular formula is C18H17F2N3O2. The standard InChI is InChI=1S/C18H17F2N3O2/c1-2-16(24)22-15-11-23(10-8-18(15,19)20)17(25)13-5-3-7-14-12(13)6-4-9-21-14/h2-7,9,15H,1,8,10-11H2,(H,22,24). The number of likely N-dealkylation sites (tertiary alicyclic amines) is 1. The molecule has 0 bridgehead atoms. The highest BCUT2D eigenvalue weighted by Gasteiger charge is 2.45. The number of rotatable bonds is 3. The first-order valence-electron chi connectivity index (χ1n) is 7.86. The van der Waals surface area contributed by atoms with Crippen molar-refractivity contribution >= 4 is 22.7 Å². The van der Waals surface area contributed by atoms with E-state index in [0.717, 1.165) is 6.08 Å². The van der Waals surface area contributed by atoms with E-state index in [1.54, 1.807) is 36.5 Å². The van der Waals surface area contributed by atoms with Crippen LogP contribution in [0.25, 0.3) is 10.9 Å². The Balaban J connectivity index is 1.87. The second kappa shape index (κ2) is 6.58. The van der Waals surface area contributed by atoms with E-state index in [9.17, 15) is 18.4 Å². The average Bonchev–Trinajstić information content (AvgIpc) is 2.62. The molecule has 0 aliphatic carbocycles. The molecule has 1 saturated heterocycles. The summed E-state index contributed by atoms with van der Waals surface area (Å²) in [6.07, 6.45) is 2.05. The molecule has 7 heteroatoms. The number of fused-ring (bicyclic) bond motifs is 1. The molecule has 0 radical (unpaired) electrons. The smallest absolute Gasteiger partial charge is 0.271 e. The predicted octanol–water partition coefficient (Wildman–Crippen LogP) is 2.39. The van der Waals surface area contributed by atoms with Crippen LogP contribution in [0, 0.1) is 0 Å². The van der Waals surface area contributed by atoms with Gasteiger partial charge in [0.05, 0.1) is 5.52 Å². The number of carbonyl (C=O) groups excluding carboxylic acids is 2. The summed E-state index contributed by atoms with van der Waals surface area (Å²) in [5, 5.41) is 2.88. The molecule has 5 nitrogen and oxygen atoms in total. The van der Waals surface area contributed by atoms with Gasteiger partial charge in [0.15, 0.2) is 0 Å². The normalized spacial score (nSPS) is 19.4. The van der Waals surface area contributed by atoms with Crippen molar-refractivity contribution in [2.75, 3.05) is 13.1 Å². The number of benzene rings is 1. The van der Waals surface area contributed by atoms with E-state index in [2.05, 4.69) is 16.9 Å². The molecule has 2 amide bonds. The number of pyridine rings is 1. The van der Waals surface area contributed by atoms with Gasteiger partial charge in [0.2, 0.25) is 5.91 Å². The van der Waals surface area contributed by atoms with Gasteiger partial charge in [0, 0.05) is 36.7 Å². The molecule has 2 heterocycles. The number of aromatic nitrogens is 1. The Morgan fingerprint density at radius 3 is 2.88 bits per heavy atom. The highest BCUT2D eigenvalue weighted by molar-refractivity contribution is 6.06. The lowest BCUT2D eigenvalue weighted by Crippen LogP contribution is -2.59. The third kappa shape index (κ3) is 3.35. The van der Waals surface area contributed by atoms with Gasteiger partial charge in [0.25, 0.3) is 11.8 Å². The first-order valence-corrected chi connectivity index (χ1v) is 7.86. The van der Waals surface area contributed by atoms with E-state index < -0.39 is 24.3 Å². The van der Waals surface area contributed by atoms with Crippen LogP contribution in [-0.4, -0.2) is 46.8 Å². The molecule has 1 atom stereocenters. The summed E-state index contributed by atoms with van der Waals surface area (Å²) in [5.41, 5.74) is 1.07. The first-order chi connectivity index (χ1) is 11.9. The van der Waals surface area contributed by atoms with Gasteiger partial charge in [-0.1, -0.05) is 18.7 Å². The van der Waals surface area contributed by atoms with Crippen molar-refractivity contribution in [2.24, 2.45) is 0 Å². The molecule has 1 aromatic carbocycles. The Bertz CT molecular complexity index is 833. The Labute approximate surface area is 143 Å². The predicted molar refractivity (Wildman–Crippen MR) is 89.3 cm³/mol. The zero-order valence-electron chi connectivity index (χ0n) is 13.4. The van der Waals surface area contributed by atoms with Crippen LogP contribution in [0.2, 0.25) is 0 Å². The maximum atomic E-state index is 14.1. The molecular weight excluding hydrogens is 328 g/mol. The molecule has 130 valence electrons. The lowest BCUT2D eigenvalue weighted by Gasteiger charge is -2.38. The summed E-state index contributed by atoms with van der Waals surface area (Å²) in [4.78, 5) is 29.8. The number of hydrogen-bond acceptors (Lipinski definition) is 3. The molecule has 1 N–H and O–H groups in total. The molecule has 25 heavy (non-hydrogen) atoms. The molecule has 3 rings (SSSR count). The van der Waals surface area contributed by atoms with Gasteiger partial charge in [-0.05, 0) is 24.3 Å². The fourth-order valence-corrected chi connectivity index (χ4v) is 2.93. The van der Waals surface area contributed by atoms with Gasteiger partial charge >= 0.3 is 0 Å². The van der Waals surface area contributed by atoms with Crippen molar-refractivity contribution in [2.45, 2.75) is 18.4 Å². The first kappa shape index (κ1) is 17.0. The van der Waals surface area contributed by atoms with Crippen molar-refractivity contribution in [3.05, 3.63) is 54.7 Å². The summed E-state index contributed by atoms with van der Waals surface area (Å²) >= 11 is 0. The molecule has 2 aromatic rings. The molecule has 0 saturated carbocycles. The fraction of sp³-hybridized carbons (Fsp3) is 0.278. The topological polar surface area (TPSA) is 62.3 Å². The number of hydrogen-bond donors (Lipinski definition) is 1. The zero-order chi connectivity index (χ0) is 18.0. The minimum atomic E-state index is -3.07. The average molecular weight is 345 g/mol. The summed E-state index contributed by atoms with van der Waals surface area (Å²) in [6.45, 7) is 2.92. The lowest BCUT2D eigenvalue weighted by molar-refractivity contribution is -0.124.